The molecule has 5 heteroatoms. The standard InChI is InChI=1S/C11H13N3OS/c12-8-11-10(2-1-3-13-11)9-14-4-6-16(15)7-5-14/h1-3H,4-7,9H2. The van der Waals surface area contributed by atoms with Crippen LogP contribution in [0.15, 0.2) is 18.3 Å². The highest BCUT2D eigenvalue weighted by Gasteiger charge is 2.16. The molecule has 0 radical (unpaired) electrons. The van der Waals surface area contributed by atoms with E-state index < -0.39 is 10.8 Å². The molecule has 0 unspecified atom stereocenters. The van der Waals surface area contributed by atoms with Crippen LogP contribution in [0.4, 0.5) is 0 Å². The number of pyridine rings is 1. The average Bonchev–Trinajstić information content (AvgIpc) is 2.33. The van der Waals surface area contributed by atoms with Gasteiger partial charge in [0.1, 0.15) is 11.8 Å². The lowest BCUT2D eigenvalue weighted by Gasteiger charge is -2.26. The summed E-state index contributed by atoms with van der Waals surface area (Å²) in [5, 5.41) is 8.91. The molecule has 0 aliphatic carbocycles. The summed E-state index contributed by atoms with van der Waals surface area (Å²) in [5.41, 5.74) is 1.45. The second-order valence-corrected chi connectivity index (χ2v) is 5.44. The first-order chi connectivity index (χ1) is 7.79. The maximum absolute atomic E-state index is 11.2. The molecule has 1 aromatic rings. The second-order valence-electron chi connectivity index (χ2n) is 3.75. The fraction of sp³-hybridized carbons (Fsp3) is 0.455. The lowest BCUT2D eigenvalue weighted by Crippen LogP contribution is -2.37. The molecule has 16 heavy (non-hydrogen) atoms. The van der Waals surface area contributed by atoms with Crippen molar-refractivity contribution in [3.8, 4) is 6.07 Å². The SMILES string of the molecule is N#Cc1ncccc1CN1CCS(=O)CC1. The average molecular weight is 235 g/mol. The predicted molar refractivity (Wildman–Crippen MR) is 62.1 cm³/mol. The molecule has 1 aliphatic heterocycles. The Morgan fingerprint density at radius 1 is 1.50 bits per heavy atom. The summed E-state index contributed by atoms with van der Waals surface area (Å²) in [6, 6.07) is 5.87. The predicted octanol–water partition coefficient (Wildman–Crippen LogP) is 0.518. The lowest BCUT2D eigenvalue weighted by molar-refractivity contribution is 0.291. The van der Waals surface area contributed by atoms with Gasteiger partial charge in [0.15, 0.2) is 0 Å². The van der Waals surface area contributed by atoms with Crippen LogP contribution in [-0.4, -0.2) is 38.7 Å². The molecule has 0 atom stereocenters. The monoisotopic (exact) mass is 235 g/mol. The van der Waals surface area contributed by atoms with Crippen molar-refractivity contribution in [3.63, 3.8) is 0 Å². The van der Waals surface area contributed by atoms with Gasteiger partial charge < -0.3 is 0 Å². The highest BCUT2D eigenvalue weighted by atomic mass is 32.2. The van der Waals surface area contributed by atoms with Gasteiger partial charge in [-0.05, 0) is 6.07 Å². The summed E-state index contributed by atoms with van der Waals surface area (Å²) in [5.74, 6) is 1.48. The number of aromatic nitrogens is 1. The summed E-state index contributed by atoms with van der Waals surface area (Å²) in [6.07, 6.45) is 1.63. The molecule has 0 aromatic carbocycles. The van der Waals surface area contributed by atoms with Gasteiger partial charge in [0, 0.05) is 53.7 Å². The van der Waals surface area contributed by atoms with Crippen LogP contribution in [0.1, 0.15) is 11.3 Å². The van der Waals surface area contributed by atoms with Gasteiger partial charge >= 0.3 is 0 Å². The van der Waals surface area contributed by atoms with Gasteiger partial charge in [-0.2, -0.15) is 5.26 Å². The molecular weight excluding hydrogens is 222 g/mol. The summed E-state index contributed by atoms with van der Waals surface area (Å²) in [4.78, 5) is 6.25. The van der Waals surface area contributed by atoms with Crippen molar-refractivity contribution in [1.82, 2.24) is 9.88 Å². The van der Waals surface area contributed by atoms with Crippen LogP contribution < -0.4 is 0 Å². The number of rotatable bonds is 2. The molecule has 2 heterocycles. The Kier molecular flexibility index (Phi) is 3.65. The van der Waals surface area contributed by atoms with Crippen LogP contribution >= 0.6 is 0 Å². The van der Waals surface area contributed by atoms with Crippen LogP contribution in [0.3, 0.4) is 0 Å². The molecule has 1 saturated heterocycles. The molecule has 1 aromatic heterocycles. The van der Waals surface area contributed by atoms with E-state index in [4.69, 9.17) is 5.26 Å². The molecule has 0 saturated carbocycles. The Morgan fingerprint density at radius 2 is 2.25 bits per heavy atom. The Bertz CT molecular complexity index is 431. The molecule has 1 aliphatic rings. The molecule has 4 nitrogen and oxygen atoms in total. The first kappa shape index (κ1) is 11.2. The van der Waals surface area contributed by atoms with E-state index in [0.717, 1.165) is 36.7 Å². The van der Waals surface area contributed by atoms with Crippen LogP contribution in [0.25, 0.3) is 0 Å². The first-order valence-corrected chi connectivity index (χ1v) is 6.70. The fourth-order valence-corrected chi connectivity index (χ4v) is 2.87. The summed E-state index contributed by atoms with van der Waals surface area (Å²) in [6.45, 7) is 2.41. The smallest absolute Gasteiger partial charge is 0.144 e. The number of nitrogens with zero attached hydrogens (tertiary/aromatic N) is 3. The lowest BCUT2D eigenvalue weighted by atomic mass is 10.2. The number of hydrogen-bond acceptors (Lipinski definition) is 4. The van der Waals surface area contributed by atoms with E-state index in [2.05, 4.69) is 16.0 Å². The van der Waals surface area contributed by atoms with E-state index in [1.54, 1.807) is 6.20 Å². The zero-order valence-corrected chi connectivity index (χ0v) is 9.74. The van der Waals surface area contributed by atoms with E-state index in [1.807, 2.05) is 12.1 Å². The van der Waals surface area contributed by atoms with E-state index in [9.17, 15) is 4.21 Å². The Morgan fingerprint density at radius 3 is 2.94 bits per heavy atom. The van der Waals surface area contributed by atoms with E-state index >= 15 is 0 Å². The molecular formula is C11H13N3OS. The molecule has 0 amide bonds. The van der Waals surface area contributed by atoms with Gasteiger partial charge in [0.05, 0.1) is 0 Å². The van der Waals surface area contributed by atoms with Crippen molar-refractivity contribution in [2.45, 2.75) is 6.54 Å². The van der Waals surface area contributed by atoms with Crippen LogP contribution in [0.2, 0.25) is 0 Å². The normalized spacial score (nSPS) is 18.2. The maximum Gasteiger partial charge on any atom is 0.144 e. The van der Waals surface area contributed by atoms with Gasteiger partial charge in [-0.1, -0.05) is 6.07 Å². The van der Waals surface area contributed by atoms with Crippen LogP contribution in [0, 0.1) is 11.3 Å². The summed E-state index contributed by atoms with van der Waals surface area (Å²) >= 11 is 0. The minimum Gasteiger partial charge on any atom is -0.297 e. The van der Waals surface area contributed by atoms with Crippen molar-refractivity contribution >= 4 is 10.8 Å². The van der Waals surface area contributed by atoms with Gasteiger partial charge in [-0.3, -0.25) is 9.11 Å². The van der Waals surface area contributed by atoms with Crippen LogP contribution in [-0.2, 0) is 17.3 Å². The molecule has 2 rings (SSSR count). The maximum atomic E-state index is 11.2. The van der Waals surface area contributed by atoms with Gasteiger partial charge in [0.25, 0.3) is 0 Å². The van der Waals surface area contributed by atoms with Crippen molar-refractivity contribution in [3.05, 3.63) is 29.6 Å². The second kappa shape index (κ2) is 5.19. The first-order valence-electron chi connectivity index (χ1n) is 5.21. The quantitative estimate of drug-likeness (QED) is 0.750. The Labute approximate surface area is 97.4 Å². The number of nitriles is 1. The van der Waals surface area contributed by atoms with Crippen molar-refractivity contribution in [2.75, 3.05) is 24.6 Å². The van der Waals surface area contributed by atoms with Crippen LogP contribution in [0.5, 0.6) is 0 Å². The molecule has 1 fully saturated rings. The van der Waals surface area contributed by atoms with Gasteiger partial charge in [0.2, 0.25) is 0 Å². The highest BCUT2D eigenvalue weighted by Crippen LogP contribution is 2.10. The zero-order valence-electron chi connectivity index (χ0n) is 8.93. The third kappa shape index (κ3) is 2.65. The molecule has 0 spiro atoms. The van der Waals surface area contributed by atoms with Gasteiger partial charge in [-0.15, -0.1) is 0 Å². The summed E-state index contributed by atoms with van der Waals surface area (Å²) < 4.78 is 11.2. The summed E-state index contributed by atoms with van der Waals surface area (Å²) in [7, 11) is -0.648. The van der Waals surface area contributed by atoms with E-state index in [0.29, 0.717) is 5.69 Å². The van der Waals surface area contributed by atoms with Crippen molar-refractivity contribution in [1.29, 1.82) is 5.26 Å². The van der Waals surface area contributed by atoms with Crippen molar-refractivity contribution in [2.24, 2.45) is 0 Å². The highest BCUT2D eigenvalue weighted by molar-refractivity contribution is 7.85. The third-order valence-corrected chi connectivity index (χ3v) is 3.94. The minimum absolute atomic E-state index is 0.495. The zero-order chi connectivity index (χ0) is 11.4. The Balaban J connectivity index is 2.04. The fourth-order valence-electron chi connectivity index (χ4n) is 1.74. The molecule has 0 N–H and O–H groups in total. The largest absolute Gasteiger partial charge is 0.297 e. The topological polar surface area (TPSA) is 57.0 Å². The molecule has 0 bridgehead atoms. The van der Waals surface area contributed by atoms with E-state index in [1.165, 1.54) is 0 Å². The van der Waals surface area contributed by atoms with E-state index in [-0.39, 0.29) is 0 Å². The number of hydrogen-bond donors (Lipinski definition) is 0. The third-order valence-electron chi connectivity index (χ3n) is 2.66. The van der Waals surface area contributed by atoms with Gasteiger partial charge in [-0.25, -0.2) is 4.98 Å². The molecule has 84 valence electrons. The Hall–Kier alpha value is -1.25. The minimum atomic E-state index is -0.648. The van der Waals surface area contributed by atoms with Crippen molar-refractivity contribution < 1.29 is 4.21 Å².